The molecule has 5 rings (SSSR count). The summed E-state index contributed by atoms with van der Waals surface area (Å²) in [5.74, 6) is 1.62. The van der Waals surface area contributed by atoms with Crippen LogP contribution >= 0.6 is 0 Å². The van der Waals surface area contributed by atoms with Crippen molar-refractivity contribution in [3.63, 3.8) is 0 Å². The standard InChI is InChI=1S/C24H21N3O2/c1-2-6-22-20(5-1)8-9-21(26-22)16-27(15-19-4-3-11-25-13-19)14-18-7-10-23-24(12-18)29-17-28-23/h1-13H,14-17H2. The molecule has 0 radical (unpaired) electrons. The van der Waals surface area contributed by atoms with Gasteiger partial charge in [0, 0.05) is 37.4 Å². The first-order chi connectivity index (χ1) is 14.3. The van der Waals surface area contributed by atoms with E-state index in [1.807, 2.05) is 30.5 Å². The van der Waals surface area contributed by atoms with Gasteiger partial charge in [0.1, 0.15) is 0 Å². The van der Waals surface area contributed by atoms with Crippen LogP contribution < -0.4 is 9.47 Å². The van der Waals surface area contributed by atoms with Crippen molar-refractivity contribution in [2.75, 3.05) is 6.79 Å². The lowest BCUT2D eigenvalue weighted by Gasteiger charge is -2.22. The van der Waals surface area contributed by atoms with Crippen LogP contribution in [0.3, 0.4) is 0 Å². The smallest absolute Gasteiger partial charge is 0.231 e. The first-order valence-electron chi connectivity index (χ1n) is 9.68. The normalized spacial score (nSPS) is 12.6. The van der Waals surface area contributed by atoms with Crippen molar-refractivity contribution in [1.82, 2.24) is 14.9 Å². The maximum absolute atomic E-state index is 5.54. The Hall–Kier alpha value is -3.44. The minimum Gasteiger partial charge on any atom is -0.454 e. The van der Waals surface area contributed by atoms with E-state index in [4.69, 9.17) is 14.5 Å². The second-order valence-electron chi connectivity index (χ2n) is 7.19. The Morgan fingerprint density at radius 2 is 1.69 bits per heavy atom. The Morgan fingerprint density at radius 3 is 2.62 bits per heavy atom. The Balaban J connectivity index is 1.41. The van der Waals surface area contributed by atoms with Gasteiger partial charge in [-0.15, -0.1) is 0 Å². The number of ether oxygens (including phenoxy) is 2. The molecule has 2 aromatic carbocycles. The van der Waals surface area contributed by atoms with Gasteiger partial charge >= 0.3 is 0 Å². The highest BCUT2D eigenvalue weighted by molar-refractivity contribution is 5.78. The first-order valence-corrected chi connectivity index (χ1v) is 9.68. The number of para-hydroxylation sites is 1. The van der Waals surface area contributed by atoms with Gasteiger partial charge in [-0.05, 0) is 41.5 Å². The number of aromatic nitrogens is 2. The predicted molar refractivity (Wildman–Crippen MR) is 111 cm³/mol. The number of nitrogens with zero attached hydrogens (tertiary/aromatic N) is 3. The van der Waals surface area contributed by atoms with Crippen LogP contribution in [0.2, 0.25) is 0 Å². The number of fused-ring (bicyclic) bond motifs is 2. The second-order valence-corrected chi connectivity index (χ2v) is 7.19. The molecule has 2 aromatic heterocycles. The Kier molecular flexibility index (Phi) is 4.80. The molecule has 0 amide bonds. The molecular weight excluding hydrogens is 362 g/mol. The summed E-state index contributed by atoms with van der Waals surface area (Å²) in [6.07, 6.45) is 3.72. The molecule has 1 aliphatic heterocycles. The van der Waals surface area contributed by atoms with Gasteiger partial charge in [0.2, 0.25) is 6.79 Å². The highest BCUT2D eigenvalue weighted by atomic mass is 16.7. The molecule has 5 nitrogen and oxygen atoms in total. The molecule has 4 aromatic rings. The summed E-state index contributed by atoms with van der Waals surface area (Å²) >= 11 is 0. The molecule has 0 fully saturated rings. The largest absolute Gasteiger partial charge is 0.454 e. The summed E-state index contributed by atoms with van der Waals surface area (Å²) in [6, 6.07) is 22.7. The van der Waals surface area contributed by atoms with Crippen LogP contribution in [0.5, 0.6) is 11.5 Å². The molecule has 1 aliphatic rings. The van der Waals surface area contributed by atoms with Crippen molar-refractivity contribution >= 4 is 10.9 Å². The maximum Gasteiger partial charge on any atom is 0.231 e. The fourth-order valence-electron chi connectivity index (χ4n) is 3.64. The molecule has 3 heterocycles. The van der Waals surface area contributed by atoms with E-state index in [0.717, 1.165) is 47.7 Å². The van der Waals surface area contributed by atoms with E-state index in [1.54, 1.807) is 6.20 Å². The Morgan fingerprint density at radius 1 is 0.793 bits per heavy atom. The van der Waals surface area contributed by atoms with Gasteiger partial charge in [0.25, 0.3) is 0 Å². The van der Waals surface area contributed by atoms with Gasteiger partial charge in [0.15, 0.2) is 11.5 Å². The van der Waals surface area contributed by atoms with Gasteiger partial charge in [0.05, 0.1) is 11.2 Å². The molecule has 0 N–H and O–H groups in total. The van der Waals surface area contributed by atoms with Crippen LogP contribution in [-0.2, 0) is 19.6 Å². The monoisotopic (exact) mass is 383 g/mol. The van der Waals surface area contributed by atoms with E-state index in [1.165, 1.54) is 11.1 Å². The number of pyridine rings is 2. The third-order valence-electron chi connectivity index (χ3n) is 5.01. The van der Waals surface area contributed by atoms with E-state index >= 15 is 0 Å². The Bertz CT molecular complexity index is 1130. The van der Waals surface area contributed by atoms with Gasteiger partial charge in [-0.2, -0.15) is 0 Å². The van der Waals surface area contributed by atoms with Crippen LogP contribution in [0.15, 0.2) is 79.1 Å². The minimum absolute atomic E-state index is 0.291. The topological polar surface area (TPSA) is 47.5 Å². The van der Waals surface area contributed by atoms with Gasteiger partial charge in [-0.25, -0.2) is 0 Å². The average molecular weight is 383 g/mol. The van der Waals surface area contributed by atoms with E-state index in [-0.39, 0.29) is 0 Å². The van der Waals surface area contributed by atoms with Crippen molar-refractivity contribution in [3.05, 3.63) is 95.9 Å². The molecule has 0 aliphatic carbocycles. The van der Waals surface area contributed by atoms with Crippen molar-refractivity contribution in [2.24, 2.45) is 0 Å². The van der Waals surface area contributed by atoms with Crippen LogP contribution in [0.4, 0.5) is 0 Å². The van der Waals surface area contributed by atoms with E-state index in [9.17, 15) is 0 Å². The molecule has 0 spiro atoms. The fraction of sp³-hybridized carbons (Fsp3) is 0.167. The summed E-state index contributed by atoms with van der Waals surface area (Å²) in [5, 5.41) is 1.16. The molecule has 0 saturated carbocycles. The van der Waals surface area contributed by atoms with Crippen LogP contribution in [0.1, 0.15) is 16.8 Å². The summed E-state index contributed by atoms with van der Waals surface area (Å²) in [4.78, 5) is 11.5. The molecular formula is C24H21N3O2. The zero-order valence-corrected chi connectivity index (χ0v) is 16.0. The average Bonchev–Trinajstić information content (AvgIpc) is 3.22. The van der Waals surface area contributed by atoms with Crippen molar-refractivity contribution < 1.29 is 9.47 Å². The second kappa shape index (κ2) is 7.89. The predicted octanol–water partition coefficient (Wildman–Crippen LogP) is 4.56. The number of hydrogen-bond acceptors (Lipinski definition) is 5. The number of hydrogen-bond donors (Lipinski definition) is 0. The molecule has 5 heteroatoms. The lowest BCUT2D eigenvalue weighted by atomic mass is 10.1. The maximum atomic E-state index is 5.54. The molecule has 144 valence electrons. The molecule has 0 unspecified atom stereocenters. The van der Waals surface area contributed by atoms with Crippen molar-refractivity contribution in [1.29, 1.82) is 0 Å². The molecule has 0 saturated heterocycles. The van der Waals surface area contributed by atoms with E-state index in [0.29, 0.717) is 6.79 Å². The quantitative estimate of drug-likeness (QED) is 0.488. The first kappa shape index (κ1) is 17.6. The van der Waals surface area contributed by atoms with E-state index in [2.05, 4.69) is 52.3 Å². The Labute approximate surface area is 169 Å². The lowest BCUT2D eigenvalue weighted by molar-refractivity contribution is 0.174. The van der Waals surface area contributed by atoms with Gasteiger partial charge in [-0.3, -0.25) is 14.9 Å². The highest BCUT2D eigenvalue weighted by Crippen LogP contribution is 2.33. The molecule has 0 atom stereocenters. The lowest BCUT2D eigenvalue weighted by Crippen LogP contribution is -2.23. The van der Waals surface area contributed by atoms with Crippen LogP contribution in [0, 0.1) is 0 Å². The summed E-state index contributed by atoms with van der Waals surface area (Å²) in [6.45, 7) is 2.60. The summed E-state index contributed by atoms with van der Waals surface area (Å²) in [5.41, 5.74) is 4.43. The minimum atomic E-state index is 0.291. The van der Waals surface area contributed by atoms with E-state index < -0.39 is 0 Å². The number of rotatable bonds is 6. The number of benzene rings is 2. The van der Waals surface area contributed by atoms with Gasteiger partial charge < -0.3 is 9.47 Å². The van der Waals surface area contributed by atoms with Crippen LogP contribution in [-0.4, -0.2) is 21.7 Å². The summed E-state index contributed by atoms with van der Waals surface area (Å²) < 4.78 is 11.0. The van der Waals surface area contributed by atoms with Crippen LogP contribution in [0.25, 0.3) is 10.9 Å². The molecule has 0 bridgehead atoms. The SMILES string of the molecule is c1cncc(CN(Cc2ccc3c(c2)OCO3)Cc2ccc3ccccc3n2)c1. The van der Waals surface area contributed by atoms with Crippen molar-refractivity contribution in [3.8, 4) is 11.5 Å². The van der Waals surface area contributed by atoms with Gasteiger partial charge in [-0.1, -0.05) is 36.4 Å². The third kappa shape index (κ3) is 4.05. The summed E-state index contributed by atoms with van der Waals surface area (Å²) in [7, 11) is 0. The zero-order chi connectivity index (χ0) is 19.5. The van der Waals surface area contributed by atoms with Crippen molar-refractivity contribution in [2.45, 2.75) is 19.6 Å². The zero-order valence-electron chi connectivity index (χ0n) is 16.0. The highest BCUT2D eigenvalue weighted by Gasteiger charge is 2.15. The third-order valence-corrected chi connectivity index (χ3v) is 5.01. The fourth-order valence-corrected chi connectivity index (χ4v) is 3.64. The molecule has 29 heavy (non-hydrogen) atoms.